The molecular formula is C13H24N. The van der Waals surface area contributed by atoms with Crippen molar-refractivity contribution in [2.24, 2.45) is 0 Å². The fourth-order valence-electron chi connectivity index (χ4n) is 1.62. The molecule has 0 N–H and O–H groups in total. The molecule has 0 aromatic carbocycles. The summed E-state index contributed by atoms with van der Waals surface area (Å²) in [6, 6.07) is 2.07. The topological polar surface area (TPSA) is 23.8 Å². The quantitative estimate of drug-likeness (QED) is 0.465. The Balaban J connectivity index is 2.82. The van der Waals surface area contributed by atoms with Crippen LogP contribution in [-0.2, 0) is 0 Å². The van der Waals surface area contributed by atoms with Crippen LogP contribution >= 0.6 is 0 Å². The molecule has 1 nitrogen and oxygen atoms in total. The first-order valence-corrected chi connectivity index (χ1v) is 6.13. The molecule has 0 unspecified atom stereocenters. The number of hydrogen-bond donors (Lipinski definition) is 0. The molecule has 0 aliphatic carbocycles. The summed E-state index contributed by atoms with van der Waals surface area (Å²) >= 11 is 0. The Hall–Kier alpha value is -0.510. The van der Waals surface area contributed by atoms with Gasteiger partial charge in [0.1, 0.15) is 0 Å². The van der Waals surface area contributed by atoms with Crippen LogP contribution in [0.4, 0.5) is 0 Å². The Labute approximate surface area is 89.5 Å². The molecule has 0 atom stereocenters. The first-order chi connectivity index (χ1) is 6.91. The van der Waals surface area contributed by atoms with Crippen molar-refractivity contribution >= 4 is 0 Å². The van der Waals surface area contributed by atoms with Gasteiger partial charge < -0.3 is 0 Å². The monoisotopic (exact) mass is 194 g/mol. The zero-order chi connectivity index (χ0) is 10.5. The van der Waals surface area contributed by atoms with E-state index in [1.165, 1.54) is 57.8 Å². The van der Waals surface area contributed by atoms with Crippen LogP contribution in [0.5, 0.6) is 0 Å². The lowest BCUT2D eigenvalue weighted by molar-refractivity contribution is 0.565. The normalized spacial score (nSPS) is 10.0. The Morgan fingerprint density at radius 1 is 0.857 bits per heavy atom. The van der Waals surface area contributed by atoms with Gasteiger partial charge in [-0.3, -0.25) is 0 Å². The largest absolute Gasteiger partial charge is 0.198 e. The first kappa shape index (κ1) is 13.5. The summed E-state index contributed by atoms with van der Waals surface area (Å²) in [6.45, 7) is 2.26. The molecule has 0 saturated carbocycles. The van der Waals surface area contributed by atoms with Crippen molar-refractivity contribution < 1.29 is 0 Å². The molecular weight excluding hydrogens is 170 g/mol. The minimum atomic E-state index is 0.979. The Morgan fingerprint density at radius 3 is 1.86 bits per heavy atom. The van der Waals surface area contributed by atoms with E-state index in [1.807, 2.05) is 0 Å². The van der Waals surface area contributed by atoms with E-state index < -0.39 is 0 Å². The van der Waals surface area contributed by atoms with E-state index in [4.69, 9.17) is 5.26 Å². The lowest BCUT2D eigenvalue weighted by Crippen LogP contribution is -1.81. The average Bonchev–Trinajstić information content (AvgIpc) is 2.21. The van der Waals surface area contributed by atoms with Crippen LogP contribution < -0.4 is 0 Å². The van der Waals surface area contributed by atoms with Gasteiger partial charge in [0.05, 0.1) is 12.5 Å². The highest BCUT2D eigenvalue weighted by Gasteiger charge is 1.91. The highest BCUT2D eigenvalue weighted by atomic mass is 14.2. The van der Waals surface area contributed by atoms with Gasteiger partial charge in [-0.1, -0.05) is 64.7 Å². The molecule has 0 amide bonds. The summed E-state index contributed by atoms with van der Waals surface area (Å²) in [4.78, 5) is 0. The van der Waals surface area contributed by atoms with Crippen molar-refractivity contribution in [2.45, 2.75) is 71.1 Å². The molecule has 0 aliphatic rings. The van der Waals surface area contributed by atoms with Crippen LogP contribution in [-0.4, -0.2) is 0 Å². The van der Waals surface area contributed by atoms with Crippen LogP contribution in [0.15, 0.2) is 0 Å². The molecule has 0 bridgehead atoms. The average molecular weight is 194 g/mol. The molecule has 0 spiro atoms. The Bertz CT molecular complexity index is 135. The van der Waals surface area contributed by atoms with Gasteiger partial charge in [-0.2, -0.15) is 5.26 Å². The van der Waals surface area contributed by atoms with Crippen molar-refractivity contribution in [1.29, 1.82) is 5.26 Å². The maximum atomic E-state index is 8.28. The smallest absolute Gasteiger partial charge is 0.0669 e. The van der Waals surface area contributed by atoms with Crippen molar-refractivity contribution in [3.05, 3.63) is 6.42 Å². The molecule has 0 aliphatic heterocycles. The second kappa shape index (κ2) is 12.5. The fourth-order valence-corrected chi connectivity index (χ4v) is 1.62. The van der Waals surface area contributed by atoms with Gasteiger partial charge in [0.25, 0.3) is 0 Å². The highest BCUT2D eigenvalue weighted by molar-refractivity contribution is 4.90. The van der Waals surface area contributed by atoms with Gasteiger partial charge in [-0.25, -0.2) is 0 Å². The lowest BCUT2D eigenvalue weighted by Gasteiger charge is -2.00. The van der Waals surface area contributed by atoms with E-state index in [2.05, 4.69) is 13.0 Å². The number of nitrogens with zero attached hydrogens (tertiary/aromatic N) is 1. The standard InChI is InChI=1S/C13H24N/c1-2-3-4-5-6-7-8-9-10-11-12-13-14/h12H,2-11H2,1H3. The summed E-state index contributed by atoms with van der Waals surface area (Å²) in [5.41, 5.74) is 0. The van der Waals surface area contributed by atoms with Crippen LogP contribution in [0.1, 0.15) is 71.1 Å². The minimum Gasteiger partial charge on any atom is -0.198 e. The van der Waals surface area contributed by atoms with Gasteiger partial charge in [0.2, 0.25) is 0 Å². The molecule has 1 heteroatoms. The molecule has 0 aromatic rings. The number of unbranched alkanes of at least 4 members (excludes halogenated alkanes) is 10. The van der Waals surface area contributed by atoms with Crippen LogP contribution in [0.3, 0.4) is 0 Å². The third-order valence-corrected chi connectivity index (χ3v) is 2.54. The third kappa shape index (κ3) is 11.5. The van der Waals surface area contributed by atoms with E-state index in [0.29, 0.717) is 0 Å². The maximum Gasteiger partial charge on any atom is 0.0669 e. The molecule has 0 heterocycles. The van der Waals surface area contributed by atoms with Crippen LogP contribution in [0.2, 0.25) is 0 Å². The molecule has 14 heavy (non-hydrogen) atoms. The molecule has 1 radical (unpaired) electrons. The van der Waals surface area contributed by atoms with Crippen molar-refractivity contribution in [3.8, 4) is 6.07 Å². The predicted octanol–water partition coefficient (Wildman–Crippen LogP) is 4.64. The van der Waals surface area contributed by atoms with Gasteiger partial charge in [-0.05, 0) is 6.42 Å². The van der Waals surface area contributed by atoms with E-state index in [9.17, 15) is 0 Å². The fraction of sp³-hybridized carbons (Fsp3) is 0.846. The predicted molar refractivity (Wildman–Crippen MR) is 61.8 cm³/mol. The third-order valence-electron chi connectivity index (χ3n) is 2.54. The molecule has 0 aromatic heterocycles. The lowest BCUT2D eigenvalue weighted by atomic mass is 10.1. The minimum absolute atomic E-state index is 0.979. The van der Waals surface area contributed by atoms with Crippen molar-refractivity contribution in [2.75, 3.05) is 0 Å². The van der Waals surface area contributed by atoms with Gasteiger partial charge in [0.15, 0.2) is 0 Å². The van der Waals surface area contributed by atoms with Crippen molar-refractivity contribution in [1.82, 2.24) is 0 Å². The van der Waals surface area contributed by atoms with Crippen LogP contribution in [0, 0.1) is 17.8 Å². The van der Waals surface area contributed by atoms with E-state index in [-0.39, 0.29) is 0 Å². The zero-order valence-electron chi connectivity index (χ0n) is 9.60. The highest BCUT2D eigenvalue weighted by Crippen LogP contribution is 2.10. The number of hydrogen-bond acceptors (Lipinski definition) is 1. The number of rotatable bonds is 10. The van der Waals surface area contributed by atoms with Gasteiger partial charge >= 0.3 is 0 Å². The van der Waals surface area contributed by atoms with Gasteiger partial charge in [0, 0.05) is 0 Å². The maximum absolute atomic E-state index is 8.28. The second-order valence-corrected chi connectivity index (χ2v) is 3.95. The summed E-state index contributed by atoms with van der Waals surface area (Å²) in [5, 5.41) is 8.28. The Kier molecular flexibility index (Phi) is 12.0. The molecule has 0 rings (SSSR count). The summed E-state index contributed by atoms with van der Waals surface area (Å²) < 4.78 is 0. The summed E-state index contributed by atoms with van der Waals surface area (Å²) in [5.74, 6) is 0. The van der Waals surface area contributed by atoms with Crippen LogP contribution in [0.25, 0.3) is 0 Å². The second-order valence-electron chi connectivity index (χ2n) is 3.95. The molecule has 0 fully saturated rings. The first-order valence-electron chi connectivity index (χ1n) is 6.13. The number of nitriles is 1. The molecule has 0 saturated heterocycles. The summed E-state index contributed by atoms with van der Waals surface area (Å²) in [7, 11) is 0. The van der Waals surface area contributed by atoms with Crippen molar-refractivity contribution in [3.63, 3.8) is 0 Å². The summed E-state index contributed by atoms with van der Waals surface area (Å²) in [6.07, 6.45) is 14.9. The Morgan fingerprint density at radius 2 is 1.36 bits per heavy atom. The molecule has 81 valence electrons. The van der Waals surface area contributed by atoms with E-state index in [1.54, 1.807) is 6.42 Å². The SMILES string of the molecule is CCCCCCCCCCC[CH]C#N. The van der Waals surface area contributed by atoms with Gasteiger partial charge in [-0.15, -0.1) is 0 Å². The van der Waals surface area contributed by atoms with E-state index >= 15 is 0 Å². The van der Waals surface area contributed by atoms with E-state index in [0.717, 1.165) is 6.42 Å². The zero-order valence-corrected chi connectivity index (χ0v) is 9.60.